The van der Waals surface area contributed by atoms with Crippen molar-refractivity contribution in [3.63, 3.8) is 0 Å². The van der Waals surface area contributed by atoms with Crippen molar-refractivity contribution >= 4 is 40.7 Å². The number of aliphatic hydroxyl groups is 1. The molecule has 1 unspecified atom stereocenters. The standard InChI is InChI=1S/C50H57F2N11O6S/c1-31-44(70-30-58-31)33-16-14-32(15-17-33)25-55-48(67)41-24-36(64)28-63(41)49(68)45(50(2,3)4)59-43(65)13-7-21-69-22-8-20-62-42(60-61-46(62)40-18-19-53-29-57-40)27-54-35-10-5-9-34(23-35)47(66)56-26-37-38(51)11-6-12-39(37)52/h5-6,9-12,14-19,23,29-30,36,41,45,54,64H,7-8,13,20-22,24-28H2,1-4H3,(H,55,67)(H,56,66)(H,59,65)/t36-,41?,45-/m1/s1. The zero-order valence-corrected chi connectivity index (χ0v) is 40.3. The van der Waals surface area contributed by atoms with Gasteiger partial charge in [-0.15, -0.1) is 21.5 Å². The Hall–Kier alpha value is -7.03. The minimum absolute atomic E-state index is 0.0244. The average Bonchev–Trinajstić information content (AvgIpc) is 4.09. The fourth-order valence-electron chi connectivity index (χ4n) is 8.01. The van der Waals surface area contributed by atoms with Gasteiger partial charge in [0.05, 0.1) is 28.7 Å². The highest BCUT2D eigenvalue weighted by molar-refractivity contribution is 7.13. The Morgan fingerprint density at radius 2 is 1.67 bits per heavy atom. The molecule has 1 aliphatic rings. The summed E-state index contributed by atoms with van der Waals surface area (Å²) in [5.74, 6) is -2.04. The zero-order valence-electron chi connectivity index (χ0n) is 39.5. The number of β-amino-alcohol motifs (C(OH)–C–C–N with tert-alkyl or cyclic N) is 1. The first-order chi connectivity index (χ1) is 33.7. The Kier molecular flexibility index (Phi) is 17.1. The Labute approximate surface area is 408 Å². The van der Waals surface area contributed by atoms with Crippen molar-refractivity contribution in [2.75, 3.05) is 25.1 Å². The molecule has 3 aromatic carbocycles. The van der Waals surface area contributed by atoms with Crippen LogP contribution < -0.4 is 21.3 Å². The number of carbonyl (C=O) groups is 4. The van der Waals surface area contributed by atoms with Crippen LogP contribution in [-0.2, 0) is 45.3 Å². The predicted octanol–water partition coefficient (Wildman–Crippen LogP) is 5.98. The zero-order chi connectivity index (χ0) is 49.8. The summed E-state index contributed by atoms with van der Waals surface area (Å²) in [5, 5.41) is 31.1. The van der Waals surface area contributed by atoms with Gasteiger partial charge in [-0.2, -0.15) is 0 Å². The van der Waals surface area contributed by atoms with E-state index in [1.54, 1.807) is 53.4 Å². The molecule has 0 radical (unpaired) electrons. The summed E-state index contributed by atoms with van der Waals surface area (Å²) in [6, 6.07) is 17.9. The fourth-order valence-corrected chi connectivity index (χ4v) is 8.82. The van der Waals surface area contributed by atoms with Crippen molar-refractivity contribution in [3.8, 4) is 22.0 Å². The van der Waals surface area contributed by atoms with Crippen molar-refractivity contribution in [1.29, 1.82) is 0 Å². The highest BCUT2D eigenvalue weighted by Crippen LogP contribution is 2.29. The molecule has 1 fully saturated rings. The molecule has 4 amide bonds. The SMILES string of the molecule is Cc1ncsc1-c1ccc(CNC(=O)C2C[C@@H](O)CN2C(=O)[C@@H](NC(=O)CCCOCCCn2c(CNc3cccc(C(=O)NCc4c(F)cccc4F)c3)nnc2-c2ccncn2)C(C)(C)C)cc1. The van der Waals surface area contributed by atoms with Gasteiger partial charge in [0.15, 0.2) is 11.6 Å². The predicted molar refractivity (Wildman–Crippen MR) is 259 cm³/mol. The lowest BCUT2D eigenvalue weighted by Crippen LogP contribution is -2.57. The monoisotopic (exact) mass is 977 g/mol. The van der Waals surface area contributed by atoms with E-state index in [4.69, 9.17) is 4.74 Å². The highest BCUT2D eigenvalue weighted by atomic mass is 32.1. The van der Waals surface area contributed by atoms with Crippen LogP contribution in [-0.4, -0.2) is 101 Å². The number of hydrogen-bond donors (Lipinski definition) is 5. The van der Waals surface area contributed by atoms with E-state index < -0.39 is 47.1 Å². The molecule has 4 heterocycles. The van der Waals surface area contributed by atoms with Crippen LogP contribution in [0.4, 0.5) is 14.5 Å². The summed E-state index contributed by atoms with van der Waals surface area (Å²) in [6.45, 7) is 8.71. The molecule has 368 valence electrons. The normalized spacial score (nSPS) is 15.1. The molecule has 70 heavy (non-hydrogen) atoms. The van der Waals surface area contributed by atoms with Gasteiger partial charge in [-0.1, -0.05) is 57.2 Å². The summed E-state index contributed by atoms with van der Waals surface area (Å²) in [6.07, 6.45) is 3.27. The molecule has 20 heteroatoms. The van der Waals surface area contributed by atoms with E-state index in [9.17, 15) is 33.1 Å². The Balaban J connectivity index is 0.871. The minimum atomic E-state index is -0.951. The number of nitrogens with zero attached hydrogens (tertiary/aromatic N) is 7. The van der Waals surface area contributed by atoms with Crippen LogP contribution in [0.3, 0.4) is 0 Å². The lowest BCUT2D eigenvalue weighted by molar-refractivity contribution is -0.144. The van der Waals surface area contributed by atoms with Gasteiger partial charge in [-0.25, -0.2) is 23.7 Å². The maximum Gasteiger partial charge on any atom is 0.251 e. The molecule has 3 aromatic heterocycles. The molecule has 0 bridgehead atoms. The molecular weight excluding hydrogens is 921 g/mol. The number of aryl methyl sites for hydroxylation is 1. The van der Waals surface area contributed by atoms with Crippen LogP contribution in [0.15, 0.2) is 90.8 Å². The number of likely N-dealkylation sites (tertiary alicyclic amines) is 1. The molecule has 1 saturated heterocycles. The van der Waals surface area contributed by atoms with Crippen LogP contribution in [0, 0.1) is 24.0 Å². The number of thiazole rings is 1. The lowest BCUT2D eigenvalue weighted by atomic mass is 9.85. The van der Waals surface area contributed by atoms with E-state index in [-0.39, 0.29) is 68.6 Å². The first-order valence-corrected chi connectivity index (χ1v) is 23.9. The average molecular weight is 978 g/mol. The topological polar surface area (TPSA) is 218 Å². The molecule has 5 N–H and O–H groups in total. The number of amides is 4. The maximum atomic E-state index is 14.1. The van der Waals surface area contributed by atoms with E-state index in [1.165, 1.54) is 17.3 Å². The van der Waals surface area contributed by atoms with Gasteiger partial charge in [-0.05, 0) is 72.7 Å². The molecule has 7 rings (SSSR count). The molecule has 0 spiro atoms. The Bertz CT molecular complexity index is 2730. The number of ether oxygens (including phenoxy) is 1. The third-order valence-corrected chi connectivity index (χ3v) is 12.8. The van der Waals surface area contributed by atoms with Crippen molar-refractivity contribution in [2.24, 2.45) is 5.41 Å². The van der Waals surface area contributed by atoms with E-state index in [0.717, 1.165) is 33.8 Å². The first kappa shape index (κ1) is 50.8. The van der Waals surface area contributed by atoms with Gasteiger partial charge in [-0.3, -0.25) is 19.2 Å². The lowest BCUT2D eigenvalue weighted by Gasteiger charge is -2.35. The van der Waals surface area contributed by atoms with Crippen LogP contribution in [0.2, 0.25) is 0 Å². The van der Waals surface area contributed by atoms with E-state index in [0.29, 0.717) is 49.0 Å². The van der Waals surface area contributed by atoms with Crippen molar-refractivity contribution in [2.45, 2.75) is 97.7 Å². The number of nitrogens with one attached hydrogen (secondary N) is 4. The molecule has 1 aliphatic heterocycles. The van der Waals surface area contributed by atoms with Crippen molar-refractivity contribution in [1.82, 2.24) is 50.6 Å². The van der Waals surface area contributed by atoms with Gasteiger partial charge in [0, 0.05) is 75.2 Å². The molecule has 6 aromatic rings. The second-order valence-corrected chi connectivity index (χ2v) is 18.9. The number of anilines is 1. The van der Waals surface area contributed by atoms with Crippen LogP contribution in [0.25, 0.3) is 22.0 Å². The van der Waals surface area contributed by atoms with E-state index in [1.807, 2.05) is 56.5 Å². The van der Waals surface area contributed by atoms with Gasteiger partial charge < -0.3 is 40.6 Å². The smallest absolute Gasteiger partial charge is 0.251 e. The summed E-state index contributed by atoms with van der Waals surface area (Å²) in [7, 11) is 0. The van der Waals surface area contributed by atoms with Gasteiger partial charge in [0.1, 0.15) is 35.7 Å². The molecule has 3 atom stereocenters. The van der Waals surface area contributed by atoms with Crippen LogP contribution in [0.5, 0.6) is 0 Å². The van der Waals surface area contributed by atoms with Gasteiger partial charge >= 0.3 is 0 Å². The number of aliphatic hydroxyl groups excluding tert-OH is 1. The number of carbonyl (C=O) groups excluding carboxylic acids is 4. The summed E-state index contributed by atoms with van der Waals surface area (Å²) >= 11 is 1.56. The van der Waals surface area contributed by atoms with Crippen LogP contribution in [0.1, 0.15) is 79.5 Å². The quantitative estimate of drug-likeness (QED) is 0.0526. The second-order valence-electron chi connectivity index (χ2n) is 18.0. The number of benzene rings is 3. The van der Waals surface area contributed by atoms with Gasteiger partial charge in [0.25, 0.3) is 5.91 Å². The van der Waals surface area contributed by atoms with E-state index >= 15 is 0 Å². The summed E-state index contributed by atoms with van der Waals surface area (Å²) in [5.41, 5.74) is 5.21. The minimum Gasteiger partial charge on any atom is -0.391 e. The maximum absolute atomic E-state index is 14.1. The number of aromatic nitrogens is 6. The van der Waals surface area contributed by atoms with E-state index in [2.05, 4.69) is 46.4 Å². The molecule has 0 aliphatic carbocycles. The molecular formula is C50H57F2N11O6S. The van der Waals surface area contributed by atoms with Gasteiger partial charge in [0.2, 0.25) is 17.7 Å². The number of hydrogen-bond acceptors (Lipinski definition) is 13. The van der Waals surface area contributed by atoms with Crippen LogP contribution >= 0.6 is 11.3 Å². The molecule has 0 saturated carbocycles. The van der Waals surface area contributed by atoms with Crippen molar-refractivity contribution < 1.29 is 37.8 Å². The van der Waals surface area contributed by atoms with Crippen molar-refractivity contribution in [3.05, 3.63) is 131 Å². The highest BCUT2D eigenvalue weighted by Gasteiger charge is 2.44. The second kappa shape index (κ2) is 23.5. The fraction of sp³-hybridized carbons (Fsp3) is 0.380. The largest absolute Gasteiger partial charge is 0.391 e. The summed E-state index contributed by atoms with van der Waals surface area (Å²) < 4.78 is 36.1. The first-order valence-electron chi connectivity index (χ1n) is 23.0. The Morgan fingerprint density at radius 3 is 2.39 bits per heavy atom. The third-order valence-electron chi connectivity index (χ3n) is 11.8. The molecule has 17 nitrogen and oxygen atoms in total. The Morgan fingerprint density at radius 1 is 0.914 bits per heavy atom. The third kappa shape index (κ3) is 13.2. The summed E-state index contributed by atoms with van der Waals surface area (Å²) in [4.78, 5) is 68.9. The number of rotatable bonds is 21. The number of halogens is 2.